The van der Waals surface area contributed by atoms with E-state index < -0.39 is 0 Å². The first-order valence-corrected chi connectivity index (χ1v) is 6.21. The normalized spacial score (nSPS) is 23.2. The summed E-state index contributed by atoms with van der Waals surface area (Å²) in [4.78, 5) is 0. The molecule has 4 heteroatoms. The molecule has 0 radical (unpaired) electrons. The van der Waals surface area contributed by atoms with E-state index in [9.17, 15) is 0 Å². The molecule has 1 heterocycles. The summed E-state index contributed by atoms with van der Waals surface area (Å²) in [5, 5.41) is 8.06. The Morgan fingerprint density at radius 1 is 1.19 bits per heavy atom. The minimum Gasteiger partial charge on any atom is -0.222 e. The molecule has 1 aliphatic rings. The van der Waals surface area contributed by atoms with Gasteiger partial charge in [0.25, 0.3) is 0 Å². The second kappa shape index (κ2) is 4.70. The molecule has 0 aromatic heterocycles. The van der Waals surface area contributed by atoms with Gasteiger partial charge < -0.3 is 0 Å². The van der Waals surface area contributed by atoms with Crippen LogP contribution in [0.1, 0.15) is 54.4 Å². The van der Waals surface area contributed by atoms with Gasteiger partial charge in [0.15, 0.2) is 0 Å². The fourth-order valence-corrected chi connectivity index (χ4v) is 2.18. The van der Waals surface area contributed by atoms with Gasteiger partial charge in [-0.2, -0.15) is 5.43 Å². The van der Waals surface area contributed by atoms with Crippen molar-refractivity contribution in [1.29, 1.82) is 0 Å². The summed E-state index contributed by atoms with van der Waals surface area (Å²) >= 11 is 0. The maximum absolute atomic E-state index is 4.24. The van der Waals surface area contributed by atoms with Crippen molar-refractivity contribution in [2.45, 2.75) is 60.5 Å². The van der Waals surface area contributed by atoms with Gasteiger partial charge in [-0.3, -0.25) is 0 Å². The van der Waals surface area contributed by atoms with E-state index in [2.05, 4.69) is 62.8 Å². The summed E-state index contributed by atoms with van der Waals surface area (Å²) in [6.07, 6.45) is 2.45. The summed E-state index contributed by atoms with van der Waals surface area (Å²) in [6.45, 7) is 13.8. The van der Waals surface area contributed by atoms with E-state index in [0.29, 0.717) is 5.92 Å². The Morgan fingerprint density at radius 3 is 2.19 bits per heavy atom. The molecular formula is C12H26N4. The van der Waals surface area contributed by atoms with E-state index in [0.717, 1.165) is 0 Å². The molecule has 2 unspecified atom stereocenters. The third-order valence-corrected chi connectivity index (χ3v) is 4.29. The molecule has 1 rings (SSSR count). The predicted octanol–water partition coefficient (Wildman–Crippen LogP) is 3.28. The first-order chi connectivity index (χ1) is 7.30. The van der Waals surface area contributed by atoms with Crippen molar-refractivity contribution in [1.82, 2.24) is 11.0 Å². The summed E-state index contributed by atoms with van der Waals surface area (Å²) < 4.78 is 0. The van der Waals surface area contributed by atoms with Gasteiger partial charge in [-0.05, 0) is 17.3 Å². The number of hydrogen-bond acceptors (Lipinski definition) is 4. The number of nitrogens with one attached hydrogen (secondary N) is 2. The van der Waals surface area contributed by atoms with Gasteiger partial charge in [0.2, 0.25) is 0 Å². The molecule has 0 saturated heterocycles. The van der Waals surface area contributed by atoms with Crippen LogP contribution in [0.5, 0.6) is 0 Å². The van der Waals surface area contributed by atoms with Crippen LogP contribution in [-0.2, 0) is 0 Å². The average molecular weight is 226 g/mol. The number of rotatable bonds is 4. The van der Waals surface area contributed by atoms with E-state index >= 15 is 0 Å². The van der Waals surface area contributed by atoms with Crippen LogP contribution >= 0.6 is 0 Å². The minimum absolute atomic E-state index is 0.106. The highest BCUT2D eigenvalue weighted by Crippen LogP contribution is 2.47. The summed E-state index contributed by atoms with van der Waals surface area (Å²) in [6, 6.07) is 0. The van der Waals surface area contributed by atoms with Crippen LogP contribution in [0.2, 0.25) is 0 Å². The van der Waals surface area contributed by atoms with Gasteiger partial charge in [0, 0.05) is 5.92 Å². The quantitative estimate of drug-likeness (QED) is 0.773. The molecule has 0 fully saturated rings. The fourth-order valence-electron chi connectivity index (χ4n) is 2.18. The zero-order valence-electron chi connectivity index (χ0n) is 11.5. The van der Waals surface area contributed by atoms with Crippen molar-refractivity contribution in [2.75, 3.05) is 0 Å². The second-order valence-corrected chi connectivity index (χ2v) is 6.28. The highest BCUT2D eigenvalue weighted by atomic mass is 15.7. The molecule has 0 bridgehead atoms. The topological polar surface area (TPSA) is 48.8 Å². The maximum Gasteiger partial charge on any atom is 0.144 e. The SMILES string of the molecule is CCCC(C1N=NNN1)C(C)(C)C(C)(C)C. The third-order valence-electron chi connectivity index (χ3n) is 4.29. The lowest BCUT2D eigenvalue weighted by Gasteiger charge is -2.46. The molecule has 0 saturated carbocycles. The minimum atomic E-state index is 0.106. The predicted molar refractivity (Wildman–Crippen MR) is 66.5 cm³/mol. The van der Waals surface area contributed by atoms with E-state index in [-0.39, 0.29) is 17.0 Å². The Bertz CT molecular complexity index is 252. The molecule has 1 aliphatic heterocycles. The lowest BCUT2D eigenvalue weighted by atomic mass is 9.60. The monoisotopic (exact) mass is 226 g/mol. The first kappa shape index (κ1) is 13.4. The molecule has 4 nitrogen and oxygen atoms in total. The van der Waals surface area contributed by atoms with Gasteiger partial charge >= 0.3 is 0 Å². The van der Waals surface area contributed by atoms with Crippen molar-refractivity contribution >= 4 is 0 Å². The zero-order chi connectivity index (χ0) is 12.4. The third kappa shape index (κ3) is 2.54. The van der Waals surface area contributed by atoms with Crippen molar-refractivity contribution in [3.05, 3.63) is 0 Å². The molecule has 0 aromatic carbocycles. The molecule has 0 aromatic rings. The Morgan fingerprint density at radius 2 is 1.81 bits per heavy atom. The van der Waals surface area contributed by atoms with Gasteiger partial charge in [0.1, 0.15) is 6.17 Å². The molecule has 0 spiro atoms. The Kier molecular flexibility index (Phi) is 3.94. The molecule has 16 heavy (non-hydrogen) atoms. The first-order valence-electron chi connectivity index (χ1n) is 6.21. The standard InChI is InChI=1S/C12H26N4/c1-7-8-9(10-13-15-16-14-10)12(5,6)11(2,3)4/h9-10H,7-8H2,1-6H3,(H,13,16)(H,14,15). The number of hydrazine groups is 1. The number of nitrogens with zero attached hydrogens (tertiary/aromatic N) is 2. The molecule has 94 valence electrons. The number of hydrogen-bond donors (Lipinski definition) is 2. The summed E-state index contributed by atoms with van der Waals surface area (Å²) in [5.41, 5.74) is 6.35. The van der Waals surface area contributed by atoms with Crippen molar-refractivity contribution in [3.63, 3.8) is 0 Å². The summed E-state index contributed by atoms with van der Waals surface area (Å²) in [7, 11) is 0. The van der Waals surface area contributed by atoms with Crippen LogP contribution in [0.4, 0.5) is 0 Å². The van der Waals surface area contributed by atoms with E-state index in [1.54, 1.807) is 0 Å². The van der Waals surface area contributed by atoms with Crippen LogP contribution in [0.25, 0.3) is 0 Å². The highest BCUT2D eigenvalue weighted by Gasteiger charge is 2.44. The highest BCUT2D eigenvalue weighted by molar-refractivity contribution is 4.93. The Hall–Kier alpha value is -0.640. The van der Waals surface area contributed by atoms with E-state index in [4.69, 9.17) is 0 Å². The Balaban J connectivity index is 2.87. The van der Waals surface area contributed by atoms with Gasteiger partial charge in [0.05, 0.1) is 0 Å². The van der Waals surface area contributed by atoms with Crippen molar-refractivity contribution in [2.24, 2.45) is 27.1 Å². The Labute approximate surface area is 99.2 Å². The zero-order valence-corrected chi connectivity index (χ0v) is 11.5. The van der Waals surface area contributed by atoms with Crippen LogP contribution in [0.15, 0.2) is 10.3 Å². The fraction of sp³-hybridized carbons (Fsp3) is 1.00. The van der Waals surface area contributed by atoms with Crippen molar-refractivity contribution < 1.29 is 0 Å². The maximum atomic E-state index is 4.24. The van der Waals surface area contributed by atoms with E-state index in [1.807, 2.05) is 0 Å². The molecule has 2 N–H and O–H groups in total. The lowest BCUT2D eigenvalue weighted by molar-refractivity contribution is 0.0283. The van der Waals surface area contributed by atoms with Crippen LogP contribution in [0, 0.1) is 16.7 Å². The van der Waals surface area contributed by atoms with Crippen LogP contribution in [0.3, 0.4) is 0 Å². The van der Waals surface area contributed by atoms with E-state index in [1.165, 1.54) is 12.8 Å². The summed E-state index contributed by atoms with van der Waals surface area (Å²) in [5.74, 6) is 0.497. The van der Waals surface area contributed by atoms with Gasteiger partial charge in [-0.15, -0.1) is 5.11 Å². The lowest BCUT2D eigenvalue weighted by Crippen LogP contribution is -2.47. The van der Waals surface area contributed by atoms with Crippen LogP contribution < -0.4 is 11.0 Å². The average Bonchev–Trinajstić information content (AvgIpc) is 2.64. The van der Waals surface area contributed by atoms with Crippen molar-refractivity contribution in [3.8, 4) is 0 Å². The largest absolute Gasteiger partial charge is 0.222 e. The van der Waals surface area contributed by atoms with Gasteiger partial charge in [-0.1, -0.05) is 53.2 Å². The van der Waals surface area contributed by atoms with Crippen LogP contribution in [-0.4, -0.2) is 6.17 Å². The molecule has 0 amide bonds. The second-order valence-electron chi connectivity index (χ2n) is 6.28. The molecule has 0 aliphatic carbocycles. The molecular weight excluding hydrogens is 200 g/mol. The molecule has 2 atom stereocenters. The van der Waals surface area contributed by atoms with Gasteiger partial charge in [-0.25, -0.2) is 5.53 Å². The smallest absolute Gasteiger partial charge is 0.144 e.